The van der Waals surface area contributed by atoms with Crippen molar-refractivity contribution in [3.05, 3.63) is 99.2 Å². The number of nitrogens with zero attached hydrogens (tertiary/aromatic N) is 4. The summed E-state index contributed by atoms with van der Waals surface area (Å²) in [4.78, 5) is 48.9. The summed E-state index contributed by atoms with van der Waals surface area (Å²) in [5, 5.41) is 3.32. The zero-order chi connectivity index (χ0) is 21.8. The van der Waals surface area contributed by atoms with Gasteiger partial charge in [-0.2, -0.15) is 0 Å². The Morgan fingerprint density at radius 3 is 2.81 bits per heavy atom. The molecule has 0 fully saturated rings. The summed E-state index contributed by atoms with van der Waals surface area (Å²) < 4.78 is 1.48. The van der Waals surface area contributed by atoms with Crippen molar-refractivity contribution < 1.29 is 4.79 Å². The van der Waals surface area contributed by atoms with Crippen LogP contribution in [0, 0.1) is 0 Å². The molecule has 0 aliphatic rings. The van der Waals surface area contributed by atoms with Gasteiger partial charge in [-0.25, -0.2) is 19.6 Å². The van der Waals surface area contributed by atoms with Crippen molar-refractivity contribution in [3.63, 3.8) is 0 Å². The molecular formula is C22H20N6O3. The minimum Gasteiger partial charge on any atom is -0.320 e. The predicted octanol–water partition coefficient (Wildman–Crippen LogP) is 2.19. The van der Waals surface area contributed by atoms with E-state index in [4.69, 9.17) is 0 Å². The number of amides is 2. The van der Waals surface area contributed by atoms with Gasteiger partial charge >= 0.3 is 11.7 Å². The Hall–Kier alpha value is -4.27. The maximum atomic E-state index is 12.6. The van der Waals surface area contributed by atoms with Crippen molar-refractivity contribution in [2.45, 2.75) is 13.1 Å². The molecule has 9 nitrogen and oxygen atoms in total. The molecule has 0 aliphatic heterocycles. The third-order valence-electron chi connectivity index (χ3n) is 4.71. The summed E-state index contributed by atoms with van der Waals surface area (Å²) in [6, 6.07) is 15.6. The minimum atomic E-state index is -0.355. The first-order valence-electron chi connectivity index (χ1n) is 9.60. The van der Waals surface area contributed by atoms with Gasteiger partial charge in [-0.05, 0) is 35.9 Å². The summed E-state index contributed by atoms with van der Waals surface area (Å²) in [6.45, 7) is 0.477. The van der Waals surface area contributed by atoms with Crippen LogP contribution in [0.5, 0.6) is 0 Å². The Balaban J connectivity index is 1.45. The molecule has 2 aromatic heterocycles. The van der Waals surface area contributed by atoms with Gasteiger partial charge in [-0.1, -0.05) is 24.3 Å². The maximum absolute atomic E-state index is 12.6. The number of fused-ring (bicyclic) bond motifs is 1. The van der Waals surface area contributed by atoms with Crippen LogP contribution in [0.15, 0.2) is 76.6 Å². The van der Waals surface area contributed by atoms with Gasteiger partial charge in [-0.15, -0.1) is 0 Å². The number of benzene rings is 2. The van der Waals surface area contributed by atoms with E-state index < -0.39 is 0 Å². The lowest BCUT2D eigenvalue weighted by molar-refractivity contribution is 0.219. The number of urea groups is 1. The topological polar surface area (TPSA) is 113 Å². The molecule has 0 saturated heterocycles. The minimum absolute atomic E-state index is 0.136. The number of anilines is 1. The van der Waals surface area contributed by atoms with Crippen molar-refractivity contribution in [2.24, 2.45) is 0 Å². The number of aromatic nitrogens is 4. The van der Waals surface area contributed by atoms with Crippen LogP contribution < -0.4 is 16.6 Å². The molecule has 2 aromatic carbocycles. The fraction of sp³-hybridized carbons (Fsp3) is 0.136. The van der Waals surface area contributed by atoms with Gasteiger partial charge in [0.05, 0.1) is 24.0 Å². The highest BCUT2D eigenvalue weighted by atomic mass is 16.2. The summed E-state index contributed by atoms with van der Waals surface area (Å²) in [5.41, 5.74) is 1.43. The van der Waals surface area contributed by atoms with Gasteiger partial charge in [-0.3, -0.25) is 9.36 Å². The number of hydrogen-bond donors (Lipinski definition) is 2. The van der Waals surface area contributed by atoms with E-state index in [1.165, 1.54) is 15.7 Å². The van der Waals surface area contributed by atoms with Crippen LogP contribution in [-0.4, -0.2) is 37.5 Å². The van der Waals surface area contributed by atoms with E-state index in [0.717, 1.165) is 5.56 Å². The molecule has 0 saturated carbocycles. The lowest BCUT2D eigenvalue weighted by Gasteiger charge is -2.18. The molecule has 0 spiro atoms. The van der Waals surface area contributed by atoms with Gasteiger partial charge in [0, 0.05) is 25.1 Å². The van der Waals surface area contributed by atoms with Crippen molar-refractivity contribution in [3.8, 4) is 0 Å². The van der Waals surface area contributed by atoms with Gasteiger partial charge in [0.1, 0.15) is 5.82 Å². The second-order valence-electron chi connectivity index (χ2n) is 7.05. The van der Waals surface area contributed by atoms with Crippen LogP contribution in [0.2, 0.25) is 0 Å². The Kier molecular flexibility index (Phi) is 5.57. The SMILES string of the molecule is CN(Cc1nc2ccccc2c(=O)[nH]1)C(=O)Nc1cccc(Cn2cccnc2=O)c1. The Bertz CT molecular complexity index is 1360. The molecule has 9 heteroatoms. The molecule has 2 amide bonds. The van der Waals surface area contributed by atoms with Crippen LogP contribution in [-0.2, 0) is 13.1 Å². The summed E-state index contributed by atoms with van der Waals surface area (Å²) >= 11 is 0. The predicted molar refractivity (Wildman–Crippen MR) is 117 cm³/mol. The number of carbonyl (C=O) groups excluding carboxylic acids is 1. The smallest absolute Gasteiger partial charge is 0.320 e. The number of hydrogen-bond acceptors (Lipinski definition) is 5. The number of aromatic amines is 1. The first kappa shape index (κ1) is 20.0. The number of carbonyl (C=O) groups is 1. The fourth-order valence-electron chi connectivity index (χ4n) is 3.18. The standard InChI is InChI=1S/C22H20N6O3/c1-27(14-19-25-18-9-3-2-8-17(18)20(29)26-19)22(31)24-16-7-4-6-15(12-16)13-28-11-5-10-23-21(28)30/h2-12H,13-14H2,1H3,(H,24,31)(H,25,26,29). The van der Waals surface area contributed by atoms with Crippen LogP contribution in [0.4, 0.5) is 10.5 Å². The van der Waals surface area contributed by atoms with Crippen LogP contribution in [0.25, 0.3) is 10.9 Å². The number of para-hydroxylation sites is 1. The Morgan fingerprint density at radius 2 is 1.97 bits per heavy atom. The van der Waals surface area contributed by atoms with Crippen LogP contribution in [0.1, 0.15) is 11.4 Å². The largest absolute Gasteiger partial charge is 0.347 e. The van der Waals surface area contributed by atoms with Gasteiger partial charge in [0.25, 0.3) is 5.56 Å². The average Bonchev–Trinajstić information content (AvgIpc) is 2.76. The molecule has 2 heterocycles. The maximum Gasteiger partial charge on any atom is 0.347 e. The normalized spacial score (nSPS) is 10.7. The van der Waals surface area contributed by atoms with Gasteiger partial charge < -0.3 is 15.2 Å². The first-order chi connectivity index (χ1) is 15.0. The number of nitrogens with one attached hydrogen (secondary N) is 2. The summed E-state index contributed by atoms with van der Waals surface area (Å²) in [7, 11) is 1.61. The number of rotatable bonds is 5. The molecule has 2 N–H and O–H groups in total. The third-order valence-corrected chi connectivity index (χ3v) is 4.71. The van der Waals surface area contributed by atoms with Crippen molar-refractivity contribution >= 4 is 22.6 Å². The van der Waals surface area contributed by atoms with Crippen molar-refractivity contribution in [2.75, 3.05) is 12.4 Å². The van der Waals surface area contributed by atoms with E-state index in [-0.39, 0.29) is 23.8 Å². The van der Waals surface area contributed by atoms with Gasteiger partial charge in [0.2, 0.25) is 0 Å². The lowest BCUT2D eigenvalue weighted by Crippen LogP contribution is -2.32. The van der Waals surface area contributed by atoms with E-state index in [2.05, 4.69) is 20.3 Å². The lowest BCUT2D eigenvalue weighted by atomic mass is 10.2. The second kappa shape index (κ2) is 8.62. The van der Waals surface area contributed by atoms with Crippen LogP contribution >= 0.6 is 0 Å². The van der Waals surface area contributed by atoms with Crippen molar-refractivity contribution in [1.82, 2.24) is 24.4 Å². The van der Waals surface area contributed by atoms with Crippen LogP contribution in [0.3, 0.4) is 0 Å². The molecular weight excluding hydrogens is 396 g/mol. The molecule has 0 atom stereocenters. The van der Waals surface area contributed by atoms with E-state index >= 15 is 0 Å². The number of H-pyrrole nitrogens is 1. The summed E-state index contributed by atoms with van der Waals surface area (Å²) in [6.07, 6.45) is 3.11. The second-order valence-corrected chi connectivity index (χ2v) is 7.05. The molecule has 0 bridgehead atoms. The third kappa shape index (κ3) is 4.67. The van der Waals surface area contributed by atoms with Crippen molar-refractivity contribution in [1.29, 1.82) is 0 Å². The Labute approximate surface area is 177 Å². The highest BCUT2D eigenvalue weighted by Crippen LogP contribution is 2.13. The first-order valence-corrected chi connectivity index (χ1v) is 9.60. The van der Waals surface area contributed by atoms with E-state index in [0.29, 0.717) is 29.0 Å². The molecule has 31 heavy (non-hydrogen) atoms. The van der Waals surface area contributed by atoms with E-state index in [1.54, 1.807) is 55.7 Å². The zero-order valence-corrected chi connectivity index (χ0v) is 16.8. The highest BCUT2D eigenvalue weighted by Gasteiger charge is 2.12. The monoisotopic (exact) mass is 416 g/mol. The molecule has 4 rings (SSSR count). The molecule has 0 unspecified atom stereocenters. The molecule has 0 aliphatic carbocycles. The Morgan fingerprint density at radius 1 is 1.13 bits per heavy atom. The van der Waals surface area contributed by atoms with E-state index in [9.17, 15) is 14.4 Å². The van der Waals surface area contributed by atoms with E-state index in [1.807, 2.05) is 12.1 Å². The molecule has 156 valence electrons. The fourth-order valence-corrected chi connectivity index (χ4v) is 3.18. The summed E-state index contributed by atoms with van der Waals surface area (Å²) in [5.74, 6) is 0.394. The average molecular weight is 416 g/mol. The zero-order valence-electron chi connectivity index (χ0n) is 16.8. The molecule has 4 aromatic rings. The quantitative estimate of drug-likeness (QED) is 0.518. The van der Waals surface area contributed by atoms with Gasteiger partial charge in [0.15, 0.2) is 0 Å². The highest BCUT2D eigenvalue weighted by molar-refractivity contribution is 5.89. The molecule has 0 radical (unpaired) electrons.